The van der Waals surface area contributed by atoms with Crippen molar-refractivity contribution < 1.29 is 9.53 Å². The van der Waals surface area contributed by atoms with Crippen molar-refractivity contribution in [3.05, 3.63) is 90.0 Å². The highest BCUT2D eigenvalue weighted by molar-refractivity contribution is 6.02. The van der Waals surface area contributed by atoms with Gasteiger partial charge in [0, 0.05) is 30.6 Å². The van der Waals surface area contributed by atoms with Gasteiger partial charge in [-0.25, -0.2) is 0 Å². The number of hydrogen-bond acceptors (Lipinski definition) is 3. The van der Waals surface area contributed by atoms with Gasteiger partial charge in [0.05, 0.1) is 0 Å². The molecule has 4 nitrogen and oxygen atoms in total. The van der Waals surface area contributed by atoms with Crippen molar-refractivity contribution in [1.82, 2.24) is 0 Å². The van der Waals surface area contributed by atoms with E-state index >= 15 is 0 Å². The second-order valence-electron chi connectivity index (χ2n) is 6.09. The summed E-state index contributed by atoms with van der Waals surface area (Å²) in [5.74, 6) is 1.24. The summed E-state index contributed by atoms with van der Waals surface area (Å²) in [6.45, 7) is 1.95. The van der Waals surface area contributed by atoms with Crippen LogP contribution in [0.5, 0.6) is 11.5 Å². The van der Waals surface area contributed by atoms with E-state index in [4.69, 9.17) is 4.74 Å². The predicted octanol–water partition coefficient (Wildman–Crippen LogP) is 6.12. The highest BCUT2D eigenvalue weighted by Gasteiger charge is 2.05. The molecule has 2 N–H and O–H groups in total. The Morgan fingerprint density at radius 2 is 1.71 bits per heavy atom. The standard InChI is InChI=1S/C23H22N2O2.CH4/c1-17-11-13-21(27-20-9-4-3-5-10-20)16-22(17)25-23(26)14-12-18-7-6-8-19(15-18)24-2;/h3-16,24H,1-2H3,(H,25,26);1H4/b14-12+;. The molecule has 0 heterocycles. The zero-order valence-electron chi connectivity index (χ0n) is 15.4. The molecule has 0 aliphatic rings. The van der Waals surface area contributed by atoms with Crippen LogP contribution >= 0.6 is 0 Å². The van der Waals surface area contributed by atoms with Gasteiger partial charge in [0.15, 0.2) is 0 Å². The van der Waals surface area contributed by atoms with Crippen molar-refractivity contribution in [2.45, 2.75) is 14.4 Å². The lowest BCUT2D eigenvalue weighted by atomic mass is 10.1. The molecule has 0 spiro atoms. The number of carbonyl (C=O) groups is 1. The number of rotatable bonds is 6. The van der Waals surface area contributed by atoms with Crippen molar-refractivity contribution in [3.63, 3.8) is 0 Å². The molecule has 28 heavy (non-hydrogen) atoms. The quantitative estimate of drug-likeness (QED) is 0.511. The first-order chi connectivity index (χ1) is 13.1. The van der Waals surface area contributed by atoms with Crippen LogP contribution in [0.25, 0.3) is 6.08 Å². The number of benzene rings is 3. The lowest BCUT2D eigenvalue weighted by Crippen LogP contribution is -2.09. The second kappa shape index (κ2) is 9.97. The van der Waals surface area contributed by atoms with Crippen molar-refractivity contribution >= 4 is 23.4 Å². The Kier molecular flexibility index (Phi) is 7.40. The number of aryl methyl sites for hydroxylation is 1. The van der Waals surface area contributed by atoms with Crippen LogP contribution in [0, 0.1) is 6.92 Å². The average Bonchev–Trinajstić information content (AvgIpc) is 2.70. The first kappa shape index (κ1) is 20.8. The summed E-state index contributed by atoms with van der Waals surface area (Å²) in [6, 6.07) is 23.0. The minimum Gasteiger partial charge on any atom is -0.457 e. The largest absolute Gasteiger partial charge is 0.457 e. The van der Waals surface area contributed by atoms with E-state index in [1.165, 1.54) is 6.08 Å². The summed E-state index contributed by atoms with van der Waals surface area (Å²) >= 11 is 0. The first-order valence-corrected chi connectivity index (χ1v) is 8.74. The zero-order valence-corrected chi connectivity index (χ0v) is 15.4. The average molecular weight is 374 g/mol. The van der Waals surface area contributed by atoms with E-state index in [0.29, 0.717) is 5.75 Å². The molecule has 3 aromatic rings. The third kappa shape index (κ3) is 5.74. The molecule has 0 unspecified atom stereocenters. The van der Waals surface area contributed by atoms with Gasteiger partial charge in [-0.1, -0.05) is 43.8 Å². The SMILES string of the molecule is C.CNc1cccc(/C=C/C(=O)Nc2cc(Oc3ccccc3)ccc2C)c1. The van der Waals surface area contributed by atoms with Gasteiger partial charge in [-0.2, -0.15) is 0 Å². The van der Waals surface area contributed by atoms with E-state index in [9.17, 15) is 4.79 Å². The Hall–Kier alpha value is -3.53. The minimum absolute atomic E-state index is 0. The molecule has 3 aromatic carbocycles. The van der Waals surface area contributed by atoms with Crippen LogP contribution in [0.2, 0.25) is 0 Å². The third-order valence-electron chi connectivity index (χ3n) is 4.05. The molecule has 3 rings (SSSR count). The Morgan fingerprint density at radius 3 is 2.46 bits per heavy atom. The van der Waals surface area contributed by atoms with E-state index in [1.807, 2.05) is 86.8 Å². The van der Waals surface area contributed by atoms with Crippen LogP contribution in [0.3, 0.4) is 0 Å². The van der Waals surface area contributed by atoms with E-state index in [2.05, 4.69) is 10.6 Å². The lowest BCUT2D eigenvalue weighted by Gasteiger charge is -2.10. The van der Waals surface area contributed by atoms with Crippen molar-refractivity contribution in [2.75, 3.05) is 17.7 Å². The maximum atomic E-state index is 12.3. The van der Waals surface area contributed by atoms with Crippen LogP contribution in [0.4, 0.5) is 11.4 Å². The Balaban J connectivity index is 0.00000280. The van der Waals surface area contributed by atoms with Crippen LogP contribution < -0.4 is 15.4 Å². The fraction of sp³-hybridized carbons (Fsp3) is 0.125. The van der Waals surface area contributed by atoms with E-state index in [0.717, 1.165) is 28.3 Å². The molecular formula is C24H26N2O2. The summed E-state index contributed by atoms with van der Waals surface area (Å²) in [4.78, 5) is 12.3. The summed E-state index contributed by atoms with van der Waals surface area (Å²) in [7, 11) is 1.86. The van der Waals surface area contributed by atoms with Crippen molar-refractivity contribution in [3.8, 4) is 11.5 Å². The van der Waals surface area contributed by atoms with E-state index in [-0.39, 0.29) is 13.3 Å². The van der Waals surface area contributed by atoms with Gasteiger partial charge in [0.1, 0.15) is 11.5 Å². The highest BCUT2D eigenvalue weighted by Crippen LogP contribution is 2.26. The smallest absolute Gasteiger partial charge is 0.248 e. The molecule has 0 saturated heterocycles. The van der Waals surface area contributed by atoms with Crippen LogP contribution in [0.15, 0.2) is 78.9 Å². The van der Waals surface area contributed by atoms with Gasteiger partial charge in [0.25, 0.3) is 0 Å². The van der Waals surface area contributed by atoms with E-state index < -0.39 is 0 Å². The maximum Gasteiger partial charge on any atom is 0.248 e. The molecule has 144 valence electrons. The minimum atomic E-state index is -0.190. The van der Waals surface area contributed by atoms with Gasteiger partial charge in [-0.3, -0.25) is 4.79 Å². The predicted molar refractivity (Wildman–Crippen MR) is 118 cm³/mol. The molecule has 1 amide bonds. The summed E-state index contributed by atoms with van der Waals surface area (Å²) in [5.41, 5.74) is 3.64. The van der Waals surface area contributed by atoms with E-state index in [1.54, 1.807) is 6.08 Å². The number of amides is 1. The summed E-state index contributed by atoms with van der Waals surface area (Å²) in [5, 5.41) is 5.99. The summed E-state index contributed by atoms with van der Waals surface area (Å²) in [6.07, 6.45) is 3.31. The first-order valence-electron chi connectivity index (χ1n) is 8.74. The topological polar surface area (TPSA) is 50.4 Å². The van der Waals surface area contributed by atoms with Crippen LogP contribution in [-0.2, 0) is 4.79 Å². The molecule has 0 aliphatic carbocycles. The number of hydrogen-bond donors (Lipinski definition) is 2. The molecule has 0 bridgehead atoms. The molecule has 0 aromatic heterocycles. The third-order valence-corrected chi connectivity index (χ3v) is 4.05. The number of ether oxygens (including phenoxy) is 1. The maximum absolute atomic E-state index is 12.3. The Labute approximate surface area is 166 Å². The fourth-order valence-corrected chi connectivity index (χ4v) is 2.57. The van der Waals surface area contributed by atoms with Crippen LogP contribution in [-0.4, -0.2) is 13.0 Å². The number of carbonyl (C=O) groups excluding carboxylic acids is 1. The second-order valence-corrected chi connectivity index (χ2v) is 6.09. The number of nitrogens with one attached hydrogen (secondary N) is 2. The normalized spacial score (nSPS) is 10.2. The molecule has 0 fully saturated rings. The van der Waals surface area contributed by atoms with Gasteiger partial charge >= 0.3 is 0 Å². The highest BCUT2D eigenvalue weighted by atomic mass is 16.5. The molecule has 0 atom stereocenters. The Morgan fingerprint density at radius 1 is 0.929 bits per heavy atom. The summed E-state index contributed by atoms with van der Waals surface area (Å²) < 4.78 is 5.83. The molecular weight excluding hydrogens is 348 g/mol. The van der Waals surface area contributed by atoms with Gasteiger partial charge in [0.2, 0.25) is 5.91 Å². The number of para-hydroxylation sites is 1. The van der Waals surface area contributed by atoms with Gasteiger partial charge in [-0.15, -0.1) is 0 Å². The molecule has 0 radical (unpaired) electrons. The van der Waals surface area contributed by atoms with Gasteiger partial charge < -0.3 is 15.4 Å². The van der Waals surface area contributed by atoms with Crippen molar-refractivity contribution in [2.24, 2.45) is 0 Å². The zero-order chi connectivity index (χ0) is 19.1. The van der Waals surface area contributed by atoms with Gasteiger partial charge in [-0.05, 0) is 54.5 Å². The fourth-order valence-electron chi connectivity index (χ4n) is 2.57. The molecule has 0 saturated carbocycles. The lowest BCUT2D eigenvalue weighted by molar-refractivity contribution is -0.111. The van der Waals surface area contributed by atoms with Crippen molar-refractivity contribution in [1.29, 1.82) is 0 Å². The Bertz CT molecular complexity index is 950. The number of anilines is 2. The molecule has 4 heteroatoms. The van der Waals surface area contributed by atoms with Crippen LogP contribution in [0.1, 0.15) is 18.6 Å². The molecule has 0 aliphatic heterocycles. The monoisotopic (exact) mass is 374 g/mol.